The summed E-state index contributed by atoms with van der Waals surface area (Å²) in [7, 11) is 0. The van der Waals surface area contributed by atoms with Crippen LogP contribution in [0.1, 0.15) is 0 Å². The minimum atomic E-state index is -0.956. The van der Waals surface area contributed by atoms with Gasteiger partial charge in [0.1, 0.15) is 6.54 Å². The summed E-state index contributed by atoms with van der Waals surface area (Å²) in [4.78, 5) is 10.4. The lowest BCUT2D eigenvalue weighted by Gasteiger charge is -1.96. The van der Waals surface area contributed by atoms with Crippen LogP contribution in [0.2, 0.25) is 0 Å². The monoisotopic (exact) mass is 208 g/mol. The van der Waals surface area contributed by atoms with Crippen LogP contribution in [0, 0.1) is 0 Å². The molecule has 0 fully saturated rings. The van der Waals surface area contributed by atoms with Gasteiger partial charge in [-0.3, -0.25) is 9.48 Å². The lowest BCUT2D eigenvalue weighted by atomic mass is 10.6. The molecule has 0 aromatic carbocycles. The van der Waals surface area contributed by atoms with Crippen molar-refractivity contribution in [2.75, 3.05) is 0 Å². The van der Waals surface area contributed by atoms with E-state index in [0.717, 1.165) is 0 Å². The molecule has 0 saturated heterocycles. The third kappa shape index (κ3) is 2.37. The molecule has 0 radical (unpaired) electrons. The summed E-state index contributed by atoms with van der Waals surface area (Å²) in [6.07, 6.45) is 4.39. The van der Waals surface area contributed by atoms with Crippen LogP contribution in [0.5, 0.6) is 11.7 Å². The Hall–Kier alpha value is -2.24. The van der Waals surface area contributed by atoms with E-state index in [9.17, 15) is 4.79 Å². The van der Waals surface area contributed by atoms with Crippen LogP contribution in [0.25, 0.3) is 0 Å². The zero-order valence-electron chi connectivity index (χ0n) is 7.66. The first-order valence-electron chi connectivity index (χ1n) is 4.19. The van der Waals surface area contributed by atoms with Crippen LogP contribution in [0.3, 0.4) is 0 Å². The summed E-state index contributed by atoms with van der Waals surface area (Å²) in [5.74, 6) is -0.182. The van der Waals surface area contributed by atoms with E-state index in [1.165, 1.54) is 23.3 Å². The largest absolute Gasteiger partial charge is 0.480 e. The molecule has 6 heteroatoms. The molecule has 78 valence electrons. The highest BCUT2D eigenvalue weighted by molar-refractivity contribution is 5.66. The first-order chi connectivity index (χ1) is 7.24. The van der Waals surface area contributed by atoms with Gasteiger partial charge in [0.25, 0.3) is 5.95 Å². The van der Waals surface area contributed by atoms with Crippen LogP contribution >= 0.6 is 0 Å². The van der Waals surface area contributed by atoms with Gasteiger partial charge in [-0.1, -0.05) is 0 Å². The van der Waals surface area contributed by atoms with Crippen LogP contribution in [-0.2, 0) is 11.3 Å². The zero-order valence-corrected chi connectivity index (χ0v) is 7.66. The Morgan fingerprint density at radius 2 is 2.53 bits per heavy atom. The lowest BCUT2D eigenvalue weighted by Crippen LogP contribution is -2.08. The second-order valence-electron chi connectivity index (χ2n) is 2.80. The number of carboxylic acid groups (broad SMARTS) is 1. The molecule has 0 unspecified atom stereocenters. The van der Waals surface area contributed by atoms with Crippen LogP contribution in [0.4, 0.5) is 0 Å². The average molecular weight is 208 g/mol. The maximum Gasteiger partial charge on any atom is 0.325 e. The maximum atomic E-state index is 10.4. The molecule has 1 N–H and O–H groups in total. The van der Waals surface area contributed by atoms with Crippen LogP contribution in [0.15, 0.2) is 35.2 Å². The van der Waals surface area contributed by atoms with Gasteiger partial charge in [0, 0.05) is 6.07 Å². The van der Waals surface area contributed by atoms with E-state index in [1.54, 1.807) is 12.1 Å². The smallest absolute Gasteiger partial charge is 0.325 e. The van der Waals surface area contributed by atoms with E-state index < -0.39 is 5.97 Å². The number of hydrogen-bond acceptors (Lipinski definition) is 4. The van der Waals surface area contributed by atoms with Crippen molar-refractivity contribution in [2.24, 2.45) is 0 Å². The number of carboxylic acids is 1. The third-order valence-electron chi connectivity index (χ3n) is 1.62. The second-order valence-corrected chi connectivity index (χ2v) is 2.80. The first kappa shape index (κ1) is 9.32. The molecule has 0 spiro atoms. The third-order valence-corrected chi connectivity index (χ3v) is 1.62. The minimum Gasteiger partial charge on any atom is -0.480 e. The molecular weight excluding hydrogens is 200 g/mol. The Labute approximate surface area is 84.7 Å². The number of furan rings is 1. The number of aromatic nitrogens is 2. The van der Waals surface area contributed by atoms with Crippen LogP contribution in [-0.4, -0.2) is 20.9 Å². The highest BCUT2D eigenvalue weighted by Gasteiger charge is 2.05. The quantitative estimate of drug-likeness (QED) is 0.820. The van der Waals surface area contributed by atoms with Gasteiger partial charge in [0.2, 0.25) is 0 Å². The fraction of sp³-hybridized carbons (Fsp3) is 0.111. The molecule has 0 amide bonds. The highest BCUT2D eigenvalue weighted by Crippen LogP contribution is 2.20. The molecule has 2 aromatic rings. The van der Waals surface area contributed by atoms with Gasteiger partial charge < -0.3 is 14.3 Å². The van der Waals surface area contributed by atoms with Crippen molar-refractivity contribution in [2.45, 2.75) is 6.54 Å². The predicted molar refractivity (Wildman–Crippen MR) is 48.6 cm³/mol. The van der Waals surface area contributed by atoms with E-state index >= 15 is 0 Å². The SMILES string of the molecule is O=C(O)Cn1cc(Oc2ccco2)cn1. The summed E-state index contributed by atoms with van der Waals surface area (Å²) in [6.45, 7) is -0.193. The summed E-state index contributed by atoms with van der Waals surface area (Å²) in [6, 6.07) is 3.34. The normalized spacial score (nSPS) is 10.1. The van der Waals surface area contributed by atoms with E-state index in [1.807, 2.05) is 0 Å². The van der Waals surface area contributed by atoms with Gasteiger partial charge in [-0.05, 0) is 6.07 Å². The summed E-state index contributed by atoms with van der Waals surface area (Å²) in [5.41, 5.74) is 0. The number of aliphatic carboxylic acids is 1. The van der Waals surface area contributed by atoms with E-state index in [-0.39, 0.29) is 6.54 Å². The number of ether oxygens (including phenoxy) is 1. The molecule has 2 heterocycles. The van der Waals surface area contributed by atoms with Crippen molar-refractivity contribution < 1.29 is 19.1 Å². The summed E-state index contributed by atoms with van der Waals surface area (Å²) < 4.78 is 11.5. The van der Waals surface area contributed by atoms with Crippen LogP contribution < -0.4 is 4.74 Å². The molecule has 0 bridgehead atoms. The van der Waals surface area contributed by atoms with Crippen molar-refractivity contribution in [3.05, 3.63) is 30.8 Å². The molecule has 0 aliphatic heterocycles. The van der Waals surface area contributed by atoms with Gasteiger partial charge in [-0.2, -0.15) is 5.10 Å². The van der Waals surface area contributed by atoms with Crippen molar-refractivity contribution in [1.82, 2.24) is 9.78 Å². The Balaban J connectivity index is 2.04. The van der Waals surface area contributed by atoms with Gasteiger partial charge in [-0.25, -0.2) is 0 Å². The molecule has 0 aliphatic rings. The Bertz CT molecular complexity index is 446. The van der Waals surface area contributed by atoms with E-state index in [0.29, 0.717) is 11.7 Å². The Morgan fingerprint density at radius 3 is 3.20 bits per heavy atom. The summed E-state index contributed by atoms with van der Waals surface area (Å²) >= 11 is 0. The second kappa shape index (κ2) is 3.87. The average Bonchev–Trinajstić information content (AvgIpc) is 2.77. The standard InChI is InChI=1S/C9H8N2O4/c12-8(13)6-11-5-7(4-10-11)15-9-2-1-3-14-9/h1-5H,6H2,(H,12,13). The van der Waals surface area contributed by atoms with Crippen molar-refractivity contribution in [1.29, 1.82) is 0 Å². The molecular formula is C9H8N2O4. The Morgan fingerprint density at radius 1 is 1.67 bits per heavy atom. The van der Waals surface area contributed by atoms with Crippen molar-refractivity contribution in [3.8, 4) is 11.7 Å². The van der Waals surface area contributed by atoms with E-state index in [4.69, 9.17) is 14.3 Å². The van der Waals surface area contributed by atoms with Gasteiger partial charge in [0.05, 0.1) is 18.7 Å². The predicted octanol–water partition coefficient (Wildman–Crippen LogP) is 1.35. The number of hydrogen-bond donors (Lipinski definition) is 1. The molecule has 0 atom stereocenters. The fourth-order valence-electron chi connectivity index (χ4n) is 1.06. The molecule has 6 nitrogen and oxygen atoms in total. The topological polar surface area (TPSA) is 77.5 Å². The minimum absolute atomic E-state index is 0.193. The molecule has 0 aliphatic carbocycles. The fourth-order valence-corrected chi connectivity index (χ4v) is 1.06. The number of nitrogens with zero attached hydrogens (tertiary/aromatic N) is 2. The molecule has 0 saturated carbocycles. The first-order valence-corrected chi connectivity index (χ1v) is 4.19. The molecule has 2 aromatic heterocycles. The van der Waals surface area contributed by atoms with Crippen molar-refractivity contribution >= 4 is 5.97 Å². The van der Waals surface area contributed by atoms with E-state index in [2.05, 4.69) is 5.10 Å². The molecule has 15 heavy (non-hydrogen) atoms. The van der Waals surface area contributed by atoms with Gasteiger partial charge in [0.15, 0.2) is 5.75 Å². The summed E-state index contributed by atoms with van der Waals surface area (Å²) in [5, 5.41) is 12.3. The van der Waals surface area contributed by atoms with Gasteiger partial charge >= 0.3 is 5.97 Å². The molecule has 2 rings (SSSR count). The zero-order chi connectivity index (χ0) is 10.7. The highest BCUT2D eigenvalue weighted by atomic mass is 16.6. The number of rotatable bonds is 4. The maximum absolute atomic E-state index is 10.4. The number of carbonyl (C=O) groups is 1. The lowest BCUT2D eigenvalue weighted by molar-refractivity contribution is -0.137. The van der Waals surface area contributed by atoms with Gasteiger partial charge in [-0.15, -0.1) is 0 Å². The Kier molecular flexibility index (Phi) is 2.40. The van der Waals surface area contributed by atoms with Crippen molar-refractivity contribution in [3.63, 3.8) is 0 Å².